The average molecular weight is 430 g/mol. The van der Waals surface area contributed by atoms with E-state index in [-0.39, 0.29) is 10.6 Å². The summed E-state index contributed by atoms with van der Waals surface area (Å²) in [6, 6.07) is 8.84. The lowest BCUT2D eigenvalue weighted by Crippen LogP contribution is -2.40. The number of amides is 1. The molecule has 0 bridgehead atoms. The lowest BCUT2D eigenvalue weighted by atomic mass is 10.2. The number of aryl methyl sites for hydroxylation is 1. The predicted octanol–water partition coefficient (Wildman–Crippen LogP) is 1.84. The summed E-state index contributed by atoms with van der Waals surface area (Å²) >= 11 is 0. The van der Waals surface area contributed by atoms with Crippen molar-refractivity contribution in [3.63, 3.8) is 0 Å². The molecule has 9 nitrogen and oxygen atoms in total. The molecular formula is C20H23N5O4S. The third-order valence-electron chi connectivity index (χ3n) is 5.00. The van der Waals surface area contributed by atoms with Crippen LogP contribution in [0.25, 0.3) is 0 Å². The van der Waals surface area contributed by atoms with Crippen LogP contribution in [0.5, 0.6) is 0 Å². The van der Waals surface area contributed by atoms with E-state index in [1.54, 1.807) is 6.20 Å². The van der Waals surface area contributed by atoms with Gasteiger partial charge < -0.3 is 19.6 Å². The van der Waals surface area contributed by atoms with Crippen LogP contribution in [0.3, 0.4) is 0 Å². The van der Waals surface area contributed by atoms with Gasteiger partial charge in [0.15, 0.2) is 0 Å². The van der Waals surface area contributed by atoms with Gasteiger partial charge in [0.1, 0.15) is 16.4 Å². The minimum absolute atomic E-state index is 0.0700. The maximum Gasteiger partial charge on any atom is 0.272 e. The highest BCUT2D eigenvalue weighted by molar-refractivity contribution is 7.89. The molecule has 1 fully saturated rings. The van der Waals surface area contributed by atoms with Gasteiger partial charge in [-0.1, -0.05) is 12.1 Å². The molecule has 0 atom stereocenters. The van der Waals surface area contributed by atoms with Gasteiger partial charge in [0.25, 0.3) is 5.91 Å². The summed E-state index contributed by atoms with van der Waals surface area (Å²) in [5.41, 5.74) is 1.88. The zero-order valence-electron chi connectivity index (χ0n) is 16.5. The summed E-state index contributed by atoms with van der Waals surface area (Å²) in [5, 5.41) is 2.78. The summed E-state index contributed by atoms with van der Waals surface area (Å²) < 4.78 is 34.0. The normalized spacial score (nSPS) is 15.2. The Morgan fingerprint density at radius 2 is 1.97 bits per heavy atom. The summed E-state index contributed by atoms with van der Waals surface area (Å²) in [6.45, 7) is 3.98. The average Bonchev–Trinajstić information content (AvgIpc) is 3.40. The lowest BCUT2D eigenvalue weighted by molar-refractivity contribution is 0.0730. The number of imidazole rings is 1. The van der Waals surface area contributed by atoms with Crippen molar-refractivity contribution < 1.29 is 17.9 Å². The van der Waals surface area contributed by atoms with Crippen LogP contribution in [0.2, 0.25) is 0 Å². The quantitative estimate of drug-likeness (QED) is 0.621. The van der Waals surface area contributed by atoms with E-state index in [1.807, 2.05) is 42.0 Å². The zero-order valence-corrected chi connectivity index (χ0v) is 17.4. The number of anilines is 1. The Morgan fingerprint density at radius 3 is 2.63 bits per heavy atom. The maximum atomic E-state index is 12.7. The van der Waals surface area contributed by atoms with Crippen LogP contribution in [0.4, 0.5) is 5.69 Å². The standard InChI is InChI=1S/C20H23N5O4S/c1-15-21-6-7-24(15)14-16-2-4-17(5-3-16)23-20(26)19-12-18(13-22-19)30(27,28)25-8-10-29-11-9-25/h2-7,12-13,22H,8-11,14H2,1H3,(H,23,26). The van der Waals surface area contributed by atoms with Crippen LogP contribution < -0.4 is 5.32 Å². The number of ether oxygens (including phenoxy) is 1. The van der Waals surface area contributed by atoms with E-state index in [2.05, 4.69) is 15.3 Å². The molecule has 30 heavy (non-hydrogen) atoms. The van der Waals surface area contributed by atoms with Crippen LogP contribution in [0.1, 0.15) is 21.9 Å². The minimum Gasteiger partial charge on any atom is -0.379 e. The van der Waals surface area contributed by atoms with Crippen molar-refractivity contribution >= 4 is 21.6 Å². The minimum atomic E-state index is -3.65. The third kappa shape index (κ3) is 4.30. The van der Waals surface area contributed by atoms with Gasteiger partial charge in [-0.2, -0.15) is 4.31 Å². The van der Waals surface area contributed by atoms with Gasteiger partial charge >= 0.3 is 0 Å². The highest BCUT2D eigenvalue weighted by atomic mass is 32.2. The molecular weight excluding hydrogens is 406 g/mol. The van der Waals surface area contributed by atoms with E-state index in [0.717, 1.165) is 11.4 Å². The Balaban J connectivity index is 1.41. The van der Waals surface area contributed by atoms with Crippen molar-refractivity contribution in [1.82, 2.24) is 18.8 Å². The van der Waals surface area contributed by atoms with Gasteiger partial charge in [0.2, 0.25) is 10.0 Å². The number of morpholine rings is 1. The van der Waals surface area contributed by atoms with E-state index >= 15 is 0 Å². The van der Waals surface area contributed by atoms with Gasteiger partial charge in [-0.25, -0.2) is 13.4 Å². The topological polar surface area (TPSA) is 109 Å². The highest BCUT2D eigenvalue weighted by Gasteiger charge is 2.28. The number of carbonyl (C=O) groups is 1. The molecule has 0 saturated carbocycles. The molecule has 2 aromatic heterocycles. The number of nitrogens with one attached hydrogen (secondary N) is 2. The van der Waals surface area contributed by atoms with E-state index in [4.69, 9.17) is 4.74 Å². The first kappa shape index (κ1) is 20.3. The molecule has 4 rings (SSSR count). The number of carbonyl (C=O) groups excluding carboxylic acids is 1. The van der Waals surface area contributed by atoms with Crippen molar-refractivity contribution in [2.24, 2.45) is 0 Å². The maximum absolute atomic E-state index is 12.7. The molecule has 0 radical (unpaired) electrons. The van der Waals surface area contributed by atoms with Gasteiger partial charge in [-0.05, 0) is 30.7 Å². The fourth-order valence-corrected chi connectivity index (χ4v) is 4.65. The second-order valence-electron chi connectivity index (χ2n) is 7.02. The first-order valence-electron chi connectivity index (χ1n) is 9.58. The fraction of sp³-hybridized carbons (Fsp3) is 0.300. The Kier molecular flexibility index (Phi) is 5.71. The molecule has 1 saturated heterocycles. The molecule has 158 valence electrons. The van der Waals surface area contributed by atoms with Crippen LogP contribution in [-0.2, 0) is 21.3 Å². The number of benzene rings is 1. The number of hydrogen-bond donors (Lipinski definition) is 2. The molecule has 0 unspecified atom stereocenters. The van der Waals surface area contributed by atoms with Gasteiger partial charge in [-0.3, -0.25) is 4.79 Å². The number of H-pyrrole nitrogens is 1. The molecule has 1 amide bonds. The van der Waals surface area contributed by atoms with Crippen LogP contribution in [0, 0.1) is 6.92 Å². The lowest BCUT2D eigenvalue weighted by Gasteiger charge is -2.25. The SMILES string of the molecule is Cc1nccn1Cc1ccc(NC(=O)c2cc(S(=O)(=O)N3CCOCC3)c[nH]2)cc1. The first-order chi connectivity index (χ1) is 14.4. The monoisotopic (exact) mass is 429 g/mol. The summed E-state index contributed by atoms with van der Waals surface area (Å²) in [7, 11) is -3.65. The number of aromatic nitrogens is 3. The Bertz CT molecular complexity index is 1130. The van der Waals surface area contributed by atoms with Gasteiger partial charge in [-0.15, -0.1) is 0 Å². The number of nitrogens with zero attached hydrogens (tertiary/aromatic N) is 3. The summed E-state index contributed by atoms with van der Waals surface area (Å²) in [5.74, 6) is 0.526. The Morgan fingerprint density at radius 1 is 1.23 bits per heavy atom. The third-order valence-corrected chi connectivity index (χ3v) is 6.87. The van der Waals surface area contributed by atoms with Crippen molar-refractivity contribution in [2.75, 3.05) is 31.6 Å². The van der Waals surface area contributed by atoms with E-state index in [0.29, 0.717) is 38.5 Å². The number of hydrogen-bond acceptors (Lipinski definition) is 5. The second kappa shape index (κ2) is 8.42. The van der Waals surface area contributed by atoms with E-state index < -0.39 is 15.9 Å². The van der Waals surface area contributed by atoms with Crippen molar-refractivity contribution in [2.45, 2.75) is 18.4 Å². The van der Waals surface area contributed by atoms with Crippen LogP contribution in [0.15, 0.2) is 53.8 Å². The first-order valence-corrected chi connectivity index (χ1v) is 11.0. The molecule has 3 heterocycles. The van der Waals surface area contributed by atoms with Crippen molar-refractivity contribution in [3.8, 4) is 0 Å². The smallest absolute Gasteiger partial charge is 0.272 e. The van der Waals surface area contributed by atoms with Crippen LogP contribution >= 0.6 is 0 Å². The number of sulfonamides is 1. The van der Waals surface area contributed by atoms with Crippen LogP contribution in [-0.4, -0.2) is 59.5 Å². The highest BCUT2D eigenvalue weighted by Crippen LogP contribution is 2.19. The van der Waals surface area contributed by atoms with Gasteiger partial charge in [0.05, 0.1) is 13.2 Å². The van der Waals surface area contributed by atoms with Gasteiger partial charge in [0, 0.05) is 43.9 Å². The Hall–Kier alpha value is -2.95. The molecule has 2 N–H and O–H groups in total. The largest absolute Gasteiger partial charge is 0.379 e. The van der Waals surface area contributed by atoms with E-state index in [1.165, 1.54) is 16.6 Å². The second-order valence-corrected chi connectivity index (χ2v) is 8.96. The molecule has 0 aliphatic carbocycles. The number of aromatic amines is 1. The predicted molar refractivity (Wildman–Crippen MR) is 111 cm³/mol. The molecule has 1 aliphatic rings. The summed E-state index contributed by atoms with van der Waals surface area (Å²) in [6.07, 6.45) is 5.02. The van der Waals surface area contributed by atoms with E-state index in [9.17, 15) is 13.2 Å². The fourth-order valence-electron chi connectivity index (χ4n) is 3.25. The Labute approximate surface area is 174 Å². The van der Waals surface area contributed by atoms with Crippen molar-refractivity contribution in [3.05, 3.63) is 66.0 Å². The molecule has 0 spiro atoms. The number of rotatable bonds is 6. The van der Waals surface area contributed by atoms with Crippen molar-refractivity contribution in [1.29, 1.82) is 0 Å². The molecule has 1 aliphatic heterocycles. The molecule has 3 aromatic rings. The molecule has 1 aromatic carbocycles. The summed E-state index contributed by atoms with van der Waals surface area (Å²) in [4.78, 5) is 19.6. The molecule has 10 heteroatoms. The zero-order chi connectivity index (χ0) is 21.1.